The molecule has 2 saturated heterocycles. The zero-order valence-corrected chi connectivity index (χ0v) is 19.2. The number of ether oxygens (including phenoxy) is 2. The normalized spacial score (nSPS) is 32.7. The van der Waals surface area contributed by atoms with E-state index < -0.39 is 41.6 Å². The molecule has 35 heavy (non-hydrogen) atoms. The number of rotatable bonds is 3. The molecule has 2 aromatic rings. The minimum absolute atomic E-state index is 0.119. The lowest BCUT2D eigenvalue weighted by molar-refractivity contribution is -0.153. The summed E-state index contributed by atoms with van der Waals surface area (Å²) in [6.45, 7) is 1.78. The molecule has 2 fully saturated rings. The van der Waals surface area contributed by atoms with Gasteiger partial charge in [0.15, 0.2) is 0 Å². The smallest absolute Gasteiger partial charge is 0.313 e. The average Bonchev–Trinajstić information content (AvgIpc) is 3.18. The molecule has 4 aliphatic rings. The van der Waals surface area contributed by atoms with Crippen molar-refractivity contribution in [3.8, 4) is 0 Å². The fourth-order valence-corrected chi connectivity index (χ4v) is 6.05. The first-order valence-electron chi connectivity index (χ1n) is 11.9. The predicted molar refractivity (Wildman–Crippen MR) is 127 cm³/mol. The van der Waals surface area contributed by atoms with Gasteiger partial charge >= 0.3 is 5.97 Å². The van der Waals surface area contributed by atoms with Gasteiger partial charge in [0.2, 0.25) is 5.91 Å². The number of carbonyl (C=O) groups is 3. The molecule has 4 aliphatic heterocycles. The molecule has 8 heteroatoms. The van der Waals surface area contributed by atoms with Crippen molar-refractivity contribution in [1.29, 1.82) is 0 Å². The second kappa shape index (κ2) is 8.03. The second-order valence-electron chi connectivity index (χ2n) is 9.56. The van der Waals surface area contributed by atoms with Crippen LogP contribution in [0.15, 0.2) is 66.8 Å². The number of anilines is 1. The average molecular weight is 475 g/mol. The van der Waals surface area contributed by atoms with Crippen molar-refractivity contribution in [3.63, 3.8) is 0 Å². The van der Waals surface area contributed by atoms with Crippen LogP contribution in [0.25, 0.3) is 10.8 Å². The van der Waals surface area contributed by atoms with Gasteiger partial charge in [0, 0.05) is 12.2 Å². The van der Waals surface area contributed by atoms with E-state index in [0.717, 1.165) is 10.8 Å². The van der Waals surface area contributed by atoms with Crippen LogP contribution < -0.4 is 4.90 Å². The van der Waals surface area contributed by atoms with Gasteiger partial charge < -0.3 is 24.4 Å². The van der Waals surface area contributed by atoms with Crippen molar-refractivity contribution < 1.29 is 29.0 Å². The highest BCUT2D eigenvalue weighted by Gasteiger charge is 2.72. The monoisotopic (exact) mass is 474 g/mol. The van der Waals surface area contributed by atoms with Gasteiger partial charge in [-0.1, -0.05) is 48.6 Å². The van der Waals surface area contributed by atoms with Gasteiger partial charge in [0.05, 0.1) is 24.7 Å². The molecular formula is C27H26N2O6. The van der Waals surface area contributed by atoms with Crippen molar-refractivity contribution in [3.05, 3.63) is 66.8 Å². The maximum atomic E-state index is 14.2. The number of cyclic esters (lactones) is 1. The van der Waals surface area contributed by atoms with Gasteiger partial charge in [-0.05, 0) is 35.9 Å². The van der Waals surface area contributed by atoms with Gasteiger partial charge in [-0.15, -0.1) is 0 Å². The van der Waals surface area contributed by atoms with E-state index in [1.54, 1.807) is 30.1 Å². The molecule has 0 aliphatic carbocycles. The van der Waals surface area contributed by atoms with Crippen LogP contribution in [-0.2, 0) is 23.9 Å². The first-order valence-corrected chi connectivity index (χ1v) is 11.9. The zero-order valence-electron chi connectivity index (χ0n) is 19.2. The fraction of sp³-hybridized carbons (Fsp3) is 0.370. The quantitative estimate of drug-likeness (QED) is 0.539. The summed E-state index contributed by atoms with van der Waals surface area (Å²) in [5, 5.41) is 12.0. The minimum Gasteiger partial charge on any atom is -0.461 e. The zero-order chi connectivity index (χ0) is 24.3. The number of amides is 2. The first-order chi connectivity index (χ1) is 17.0. The Morgan fingerprint density at radius 1 is 1.09 bits per heavy atom. The number of hydrogen-bond donors (Lipinski definition) is 1. The molecule has 2 amide bonds. The van der Waals surface area contributed by atoms with E-state index in [4.69, 9.17) is 9.47 Å². The summed E-state index contributed by atoms with van der Waals surface area (Å²) in [5.74, 6) is -2.98. The van der Waals surface area contributed by atoms with E-state index in [1.165, 1.54) is 4.90 Å². The minimum atomic E-state index is -1.33. The van der Waals surface area contributed by atoms with Gasteiger partial charge in [-0.3, -0.25) is 14.4 Å². The largest absolute Gasteiger partial charge is 0.461 e. The van der Waals surface area contributed by atoms with Crippen LogP contribution in [0.2, 0.25) is 0 Å². The Kier molecular flexibility index (Phi) is 5.05. The number of hydrogen-bond acceptors (Lipinski definition) is 6. The van der Waals surface area contributed by atoms with Crippen molar-refractivity contribution in [2.45, 2.75) is 30.7 Å². The van der Waals surface area contributed by atoms with Gasteiger partial charge in [-0.2, -0.15) is 0 Å². The number of fused-ring (bicyclic) bond motifs is 3. The molecule has 8 nitrogen and oxygen atoms in total. The summed E-state index contributed by atoms with van der Waals surface area (Å²) in [4.78, 5) is 44.0. The third kappa shape index (κ3) is 3.10. The van der Waals surface area contributed by atoms with Gasteiger partial charge in [0.25, 0.3) is 5.91 Å². The molecule has 0 bridgehead atoms. The molecule has 1 N–H and O–H groups in total. The summed E-state index contributed by atoms with van der Waals surface area (Å²) in [6, 6.07) is 12.0. The number of benzene rings is 2. The molecule has 2 aromatic carbocycles. The van der Waals surface area contributed by atoms with Crippen LogP contribution >= 0.6 is 0 Å². The SMILES string of the molecule is C[C@H](CO)N1C(=O)[C@@H]2[C@H]3C(=O)OCC=C[C@H]3O[C@@]23C=CCN(c2ccc4ccccc4c2)C(=O)C13. The summed E-state index contributed by atoms with van der Waals surface area (Å²) < 4.78 is 11.8. The number of nitrogens with zero attached hydrogens (tertiary/aromatic N) is 2. The Labute approximate surface area is 202 Å². The third-order valence-electron chi connectivity index (χ3n) is 7.64. The highest BCUT2D eigenvalue weighted by molar-refractivity contribution is 6.06. The Morgan fingerprint density at radius 2 is 1.89 bits per heavy atom. The van der Waals surface area contributed by atoms with Crippen LogP contribution in [0.4, 0.5) is 5.69 Å². The second-order valence-corrected chi connectivity index (χ2v) is 9.56. The lowest BCUT2D eigenvalue weighted by atomic mass is 9.78. The Morgan fingerprint density at radius 3 is 2.69 bits per heavy atom. The molecule has 4 heterocycles. The Balaban J connectivity index is 1.47. The Bertz CT molecular complexity index is 1290. The number of esters is 1. The number of aliphatic hydroxyl groups excluding tert-OH is 1. The highest BCUT2D eigenvalue weighted by Crippen LogP contribution is 2.53. The van der Waals surface area contributed by atoms with Crippen molar-refractivity contribution in [2.75, 3.05) is 24.7 Å². The molecule has 180 valence electrons. The maximum Gasteiger partial charge on any atom is 0.313 e. The van der Waals surface area contributed by atoms with E-state index in [0.29, 0.717) is 5.69 Å². The Hall–Kier alpha value is -3.49. The molecule has 0 radical (unpaired) electrons. The number of carbonyl (C=O) groups excluding carboxylic acids is 3. The molecule has 0 saturated carbocycles. The van der Waals surface area contributed by atoms with E-state index in [9.17, 15) is 19.5 Å². The lowest BCUT2D eigenvalue weighted by Gasteiger charge is -2.37. The first kappa shape index (κ1) is 22.0. The summed E-state index contributed by atoms with van der Waals surface area (Å²) in [6.07, 6.45) is 6.40. The number of likely N-dealkylation sites (tertiary alicyclic amines) is 1. The van der Waals surface area contributed by atoms with Crippen molar-refractivity contribution in [2.24, 2.45) is 11.8 Å². The van der Waals surface area contributed by atoms with Crippen LogP contribution in [0.3, 0.4) is 0 Å². The van der Waals surface area contributed by atoms with E-state index in [1.807, 2.05) is 48.5 Å². The van der Waals surface area contributed by atoms with Crippen LogP contribution in [0, 0.1) is 11.8 Å². The highest BCUT2D eigenvalue weighted by atomic mass is 16.6. The van der Waals surface area contributed by atoms with Crippen molar-refractivity contribution >= 4 is 34.2 Å². The van der Waals surface area contributed by atoms with E-state index in [2.05, 4.69) is 0 Å². The van der Waals surface area contributed by atoms with Crippen LogP contribution in [0.1, 0.15) is 6.92 Å². The molecule has 1 unspecified atom stereocenters. The molecule has 1 spiro atoms. The fourth-order valence-electron chi connectivity index (χ4n) is 6.05. The summed E-state index contributed by atoms with van der Waals surface area (Å²) in [5.41, 5.74) is -0.631. The van der Waals surface area contributed by atoms with E-state index in [-0.39, 0.29) is 31.6 Å². The van der Waals surface area contributed by atoms with Crippen molar-refractivity contribution in [1.82, 2.24) is 4.90 Å². The molecule has 0 aromatic heterocycles. The maximum absolute atomic E-state index is 14.2. The van der Waals surface area contributed by atoms with Crippen LogP contribution in [0.5, 0.6) is 0 Å². The summed E-state index contributed by atoms with van der Waals surface area (Å²) >= 11 is 0. The third-order valence-corrected chi connectivity index (χ3v) is 7.64. The molecule has 6 rings (SSSR count). The van der Waals surface area contributed by atoms with Crippen LogP contribution in [-0.4, -0.2) is 71.3 Å². The standard InChI is InChI=1S/C27H26N2O6/c1-16(15-30)29-23-25(32)28(19-10-9-17-6-2-3-7-18(17)14-19)12-5-11-27(23)22(24(29)31)21-20(35-27)8-4-13-34-26(21)33/h2-11,14,16,20-23,30H,12-13,15H2,1H3/t16-,20-,21+,22+,23?,27+/m1/s1. The predicted octanol–water partition coefficient (Wildman–Crippen LogP) is 1.82. The topological polar surface area (TPSA) is 96.4 Å². The number of aliphatic hydroxyl groups is 1. The van der Waals surface area contributed by atoms with Gasteiger partial charge in [-0.25, -0.2) is 0 Å². The lowest BCUT2D eigenvalue weighted by Crippen LogP contribution is -2.57. The van der Waals surface area contributed by atoms with Gasteiger partial charge in [0.1, 0.15) is 24.2 Å². The molecule has 6 atom stereocenters. The summed E-state index contributed by atoms with van der Waals surface area (Å²) in [7, 11) is 0. The molecular weight excluding hydrogens is 448 g/mol. The van der Waals surface area contributed by atoms with E-state index >= 15 is 0 Å².